The lowest BCUT2D eigenvalue weighted by molar-refractivity contribution is -0.385. The van der Waals surface area contributed by atoms with Crippen molar-refractivity contribution in [1.29, 1.82) is 0 Å². The molecule has 25 heavy (non-hydrogen) atoms. The second-order valence-corrected chi connectivity index (χ2v) is 7.27. The summed E-state index contributed by atoms with van der Waals surface area (Å²) in [5.41, 5.74) is 7.41. The Hall–Kier alpha value is -2.00. The predicted molar refractivity (Wildman–Crippen MR) is 98.4 cm³/mol. The van der Waals surface area contributed by atoms with E-state index < -0.39 is 21.0 Å². The summed E-state index contributed by atoms with van der Waals surface area (Å²) in [6.45, 7) is 3.16. The number of nitro groups is 1. The molecule has 0 aliphatic heterocycles. The van der Waals surface area contributed by atoms with Crippen molar-refractivity contribution in [1.82, 2.24) is 4.72 Å². The first-order chi connectivity index (χ1) is 11.2. The lowest BCUT2D eigenvalue weighted by atomic mass is 10.1. The molecule has 0 bridgehead atoms. The zero-order valence-electron chi connectivity index (χ0n) is 13.8. The van der Waals surface area contributed by atoms with Crippen LogP contribution < -0.4 is 10.5 Å². The van der Waals surface area contributed by atoms with E-state index in [0.717, 1.165) is 11.6 Å². The molecule has 1 unspecified atom stereocenters. The molecule has 136 valence electrons. The van der Waals surface area contributed by atoms with Gasteiger partial charge in [0, 0.05) is 24.2 Å². The molecule has 0 saturated heterocycles. The van der Waals surface area contributed by atoms with Crippen molar-refractivity contribution in [2.45, 2.75) is 24.8 Å². The fourth-order valence-electron chi connectivity index (χ4n) is 2.40. The van der Waals surface area contributed by atoms with Crippen LogP contribution >= 0.6 is 12.4 Å². The number of sulfonamides is 1. The number of aryl methyl sites for hydroxylation is 2. The minimum absolute atomic E-state index is 0. The summed E-state index contributed by atoms with van der Waals surface area (Å²) < 4.78 is 27.4. The van der Waals surface area contributed by atoms with E-state index in [0.29, 0.717) is 11.1 Å². The molecule has 0 spiro atoms. The van der Waals surface area contributed by atoms with Gasteiger partial charge in [-0.2, -0.15) is 0 Å². The first kappa shape index (κ1) is 21.0. The maximum absolute atomic E-state index is 12.5. The maximum Gasteiger partial charge on any atom is 0.273 e. The topological polar surface area (TPSA) is 115 Å². The predicted octanol–water partition coefficient (Wildman–Crippen LogP) is 2.61. The van der Waals surface area contributed by atoms with Crippen LogP contribution in [0, 0.1) is 24.0 Å². The number of hydrogen-bond donors (Lipinski definition) is 2. The molecule has 0 aliphatic carbocycles. The molecule has 0 saturated carbocycles. The molecule has 0 aliphatic rings. The van der Waals surface area contributed by atoms with Gasteiger partial charge in [-0.25, -0.2) is 13.1 Å². The summed E-state index contributed by atoms with van der Waals surface area (Å²) in [6.07, 6.45) is 0. The Kier molecular flexibility index (Phi) is 7.06. The highest BCUT2D eigenvalue weighted by atomic mass is 35.5. The van der Waals surface area contributed by atoms with E-state index in [1.807, 2.05) is 18.2 Å². The van der Waals surface area contributed by atoms with Gasteiger partial charge >= 0.3 is 0 Å². The van der Waals surface area contributed by atoms with Crippen molar-refractivity contribution in [3.63, 3.8) is 0 Å². The highest BCUT2D eigenvalue weighted by Gasteiger charge is 2.23. The summed E-state index contributed by atoms with van der Waals surface area (Å²) in [7, 11) is -3.90. The van der Waals surface area contributed by atoms with E-state index >= 15 is 0 Å². The van der Waals surface area contributed by atoms with Crippen molar-refractivity contribution in [2.24, 2.45) is 5.73 Å². The van der Waals surface area contributed by atoms with Crippen molar-refractivity contribution in [3.8, 4) is 0 Å². The quantitative estimate of drug-likeness (QED) is 0.585. The second-order valence-electron chi connectivity index (χ2n) is 5.53. The van der Waals surface area contributed by atoms with Crippen LogP contribution in [0.5, 0.6) is 0 Å². The van der Waals surface area contributed by atoms with Gasteiger partial charge in [0.15, 0.2) is 0 Å². The Balaban J connectivity index is 0.00000312. The van der Waals surface area contributed by atoms with Crippen LogP contribution in [-0.2, 0) is 10.0 Å². The van der Waals surface area contributed by atoms with Gasteiger partial charge in [0.05, 0.1) is 9.82 Å². The lowest BCUT2D eigenvalue weighted by Gasteiger charge is -2.15. The Labute approximate surface area is 152 Å². The van der Waals surface area contributed by atoms with Crippen LogP contribution in [0.3, 0.4) is 0 Å². The molecule has 2 rings (SSSR count). The Morgan fingerprint density at radius 1 is 1.16 bits per heavy atom. The zero-order valence-corrected chi connectivity index (χ0v) is 15.4. The van der Waals surface area contributed by atoms with Gasteiger partial charge in [-0.15, -0.1) is 12.4 Å². The molecule has 2 aromatic carbocycles. The molecule has 7 nitrogen and oxygen atoms in total. The van der Waals surface area contributed by atoms with Gasteiger partial charge in [-0.3, -0.25) is 10.1 Å². The smallest absolute Gasteiger partial charge is 0.273 e. The molecule has 9 heteroatoms. The molecule has 0 fully saturated rings. The minimum Gasteiger partial charge on any atom is -0.323 e. The third-order valence-electron chi connectivity index (χ3n) is 3.70. The van der Waals surface area contributed by atoms with Gasteiger partial charge in [0.1, 0.15) is 0 Å². The number of nitrogens with two attached hydrogens (primary N) is 1. The SMILES string of the molecule is Cc1cc(C)c(S(=O)(=O)NCC(N)c2ccccc2)cc1[N+](=O)[O-].Cl. The molecule has 0 amide bonds. The number of halogens is 1. The Morgan fingerprint density at radius 2 is 1.76 bits per heavy atom. The number of rotatable bonds is 6. The zero-order chi connectivity index (χ0) is 17.9. The fraction of sp³-hybridized carbons (Fsp3) is 0.250. The van der Waals surface area contributed by atoms with Crippen LogP contribution in [0.15, 0.2) is 47.4 Å². The normalized spacial score (nSPS) is 12.3. The van der Waals surface area contributed by atoms with E-state index in [9.17, 15) is 18.5 Å². The van der Waals surface area contributed by atoms with Crippen molar-refractivity contribution in [3.05, 3.63) is 69.3 Å². The van der Waals surface area contributed by atoms with Crippen molar-refractivity contribution < 1.29 is 13.3 Å². The number of hydrogen-bond acceptors (Lipinski definition) is 5. The molecule has 2 aromatic rings. The maximum atomic E-state index is 12.5. The van der Waals surface area contributed by atoms with E-state index in [1.54, 1.807) is 26.0 Å². The van der Waals surface area contributed by atoms with Crippen LogP contribution in [0.1, 0.15) is 22.7 Å². The average Bonchev–Trinajstić information content (AvgIpc) is 2.53. The third kappa shape index (κ3) is 4.99. The second kappa shape index (κ2) is 8.39. The number of nitrogens with zero attached hydrogens (tertiary/aromatic N) is 1. The first-order valence-corrected chi connectivity index (χ1v) is 8.76. The molecule has 0 heterocycles. The molecule has 1 atom stereocenters. The average molecular weight is 386 g/mol. The minimum atomic E-state index is -3.90. The van der Waals surface area contributed by atoms with Gasteiger partial charge in [-0.1, -0.05) is 30.3 Å². The number of benzene rings is 2. The Morgan fingerprint density at radius 3 is 2.32 bits per heavy atom. The summed E-state index contributed by atoms with van der Waals surface area (Å²) >= 11 is 0. The van der Waals surface area contributed by atoms with Gasteiger partial charge in [0.25, 0.3) is 5.69 Å². The number of nitrogens with one attached hydrogen (secondary N) is 1. The molecular formula is C16H20ClN3O4S. The van der Waals surface area contributed by atoms with Crippen molar-refractivity contribution >= 4 is 28.1 Å². The van der Waals surface area contributed by atoms with Gasteiger partial charge < -0.3 is 5.73 Å². The molecule has 0 radical (unpaired) electrons. The fourth-order valence-corrected chi connectivity index (χ4v) is 3.71. The van der Waals surface area contributed by atoms with Crippen molar-refractivity contribution in [2.75, 3.05) is 6.54 Å². The van der Waals surface area contributed by atoms with Crippen LogP contribution in [0.2, 0.25) is 0 Å². The summed E-state index contributed by atoms with van der Waals surface area (Å²) in [5.74, 6) is 0. The first-order valence-electron chi connectivity index (χ1n) is 7.28. The van der Waals surface area contributed by atoms with Gasteiger partial charge in [0.2, 0.25) is 10.0 Å². The van der Waals surface area contributed by atoms with E-state index in [-0.39, 0.29) is 29.5 Å². The van der Waals surface area contributed by atoms with Crippen LogP contribution in [-0.4, -0.2) is 19.9 Å². The monoisotopic (exact) mass is 385 g/mol. The lowest BCUT2D eigenvalue weighted by Crippen LogP contribution is -2.32. The van der Waals surface area contributed by atoms with Crippen LogP contribution in [0.25, 0.3) is 0 Å². The highest BCUT2D eigenvalue weighted by molar-refractivity contribution is 7.89. The number of nitro benzene ring substituents is 1. The molecule has 3 N–H and O–H groups in total. The van der Waals surface area contributed by atoms with E-state index in [2.05, 4.69) is 4.72 Å². The van der Waals surface area contributed by atoms with Crippen LogP contribution in [0.4, 0.5) is 5.69 Å². The highest BCUT2D eigenvalue weighted by Crippen LogP contribution is 2.26. The van der Waals surface area contributed by atoms with E-state index in [1.165, 1.54) is 6.07 Å². The largest absolute Gasteiger partial charge is 0.323 e. The summed E-state index contributed by atoms with van der Waals surface area (Å²) in [4.78, 5) is 10.3. The summed E-state index contributed by atoms with van der Waals surface area (Å²) in [6, 6.07) is 11.2. The third-order valence-corrected chi connectivity index (χ3v) is 5.27. The van der Waals surface area contributed by atoms with Gasteiger partial charge in [-0.05, 0) is 31.0 Å². The summed E-state index contributed by atoms with van der Waals surface area (Å²) in [5, 5.41) is 11.0. The molecular weight excluding hydrogens is 366 g/mol. The standard InChI is InChI=1S/C16H19N3O4S.ClH/c1-11-8-12(2)16(9-15(11)19(20)21)24(22,23)18-10-14(17)13-6-4-3-5-7-13;/h3-9,14,18H,10,17H2,1-2H3;1H. The molecule has 0 aromatic heterocycles. The van der Waals surface area contributed by atoms with E-state index in [4.69, 9.17) is 5.73 Å². The Bertz CT molecular complexity index is 857.